The number of hydrogen-bond acceptors (Lipinski definition) is 3. The normalized spacial score (nSPS) is 14.5. The van der Waals surface area contributed by atoms with Gasteiger partial charge in [0.25, 0.3) is 0 Å². The fraction of sp³-hybridized carbons (Fsp3) is 0.360. The van der Waals surface area contributed by atoms with E-state index in [1.54, 1.807) is 30.3 Å². The molecular formula is C25H26F4N2O2. The molecule has 1 aromatic heterocycles. The molecule has 33 heavy (non-hydrogen) atoms. The number of nitrogens with one attached hydrogen (secondary N) is 1. The van der Waals surface area contributed by atoms with Crippen molar-refractivity contribution in [1.82, 2.24) is 10.3 Å². The van der Waals surface area contributed by atoms with Gasteiger partial charge in [-0.2, -0.15) is 13.2 Å². The van der Waals surface area contributed by atoms with Gasteiger partial charge in [0.05, 0.1) is 18.5 Å². The summed E-state index contributed by atoms with van der Waals surface area (Å²) in [4.78, 5) is 15.7. The Balaban J connectivity index is 2.16. The maximum Gasteiger partial charge on any atom is 0.392 e. The molecule has 1 heterocycles. The molecule has 0 saturated carbocycles. The molecule has 0 spiro atoms. The Labute approximate surface area is 190 Å². The number of aromatic nitrogens is 1. The van der Waals surface area contributed by atoms with Gasteiger partial charge < -0.3 is 10.1 Å². The van der Waals surface area contributed by atoms with Gasteiger partial charge in [-0.05, 0) is 48.7 Å². The third-order valence-corrected chi connectivity index (χ3v) is 6.12. The number of nitrogens with zero attached hydrogens (tertiary/aromatic N) is 1. The summed E-state index contributed by atoms with van der Waals surface area (Å²) in [5.74, 6) is -2.74. The van der Waals surface area contributed by atoms with E-state index < -0.39 is 23.3 Å². The zero-order valence-electron chi connectivity index (χ0n) is 18.7. The van der Waals surface area contributed by atoms with E-state index in [9.17, 15) is 22.4 Å². The van der Waals surface area contributed by atoms with Crippen LogP contribution < -0.4 is 10.1 Å². The topological polar surface area (TPSA) is 51.2 Å². The number of ether oxygens (including phenoxy) is 1. The van der Waals surface area contributed by atoms with Crippen LogP contribution in [-0.2, 0) is 16.6 Å². The molecule has 0 aliphatic rings. The second kappa shape index (κ2) is 9.77. The Bertz CT molecular complexity index is 1130. The van der Waals surface area contributed by atoms with Crippen molar-refractivity contribution in [3.8, 4) is 5.75 Å². The quantitative estimate of drug-likeness (QED) is 0.444. The highest BCUT2D eigenvalue weighted by molar-refractivity contribution is 5.81. The minimum absolute atomic E-state index is 0.00479. The van der Waals surface area contributed by atoms with Crippen LogP contribution in [0.15, 0.2) is 54.7 Å². The number of methoxy groups -OCH3 is 1. The van der Waals surface area contributed by atoms with Crippen LogP contribution in [0.3, 0.4) is 0 Å². The first-order chi connectivity index (χ1) is 15.6. The van der Waals surface area contributed by atoms with E-state index in [1.165, 1.54) is 33.2 Å². The zero-order valence-corrected chi connectivity index (χ0v) is 18.7. The van der Waals surface area contributed by atoms with Crippen molar-refractivity contribution in [1.29, 1.82) is 0 Å². The predicted octanol–water partition coefficient (Wildman–Crippen LogP) is 5.59. The second-order valence-electron chi connectivity index (χ2n) is 8.28. The largest absolute Gasteiger partial charge is 0.496 e. The molecule has 4 nitrogen and oxygen atoms in total. The van der Waals surface area contributed by atoms with Crippen molar-refractivity contribution >= 4 is 16.8 Å². The van der Waals surface area contributed by atoms with Gasteiger partial charge in [0, 0.05) is 36.0 Å². The Morgan fingerprint density at radius 3 is 2.55 bits per heavy atom. The molecule has 2 atom stereocenters. The van der Waals surface area contributed by atoms with Crippen LogP contribution in [0.2, 0.25) is 0 Å². The van der Waals surface area contributed by atoms with E-state index in [0.29, 0.717) is 16.5 Å². The fourth-order valence-electron chi connectivity index (χ4n) is 4.38. The van der Waals surface area contributed by atoms with Gasteiger partial charge in [-0.1, -0.05) is 25.1 Å². The molecule has 0 bridgehead atoms. The summed E-state index contributed by atoms with van der Waals surface area (Å²) >= 11 is 0. The molecule has 2 unspecified atom stereocenters. The number of carbonyl (C=O) groups excluding carboxylic acids is 1. The van der Waals surface area contributed by atoms with Crippen LogP contribution in [0.5, 0.6) is 5.75 Å². The Morgan fingerprint density at radius 2 is 1.88 bits per heavy atom. The SMILES string of the molecule is COc1ccc(F)cc1C(C)(CCNC(C)=O)C(Cc1ccnc2ccccc12)C(F)(F)F. The van der Waals surface area contributed by atoms with Crippen molar-refractivity contribution in [2.24, 2.45) is 5.92 Å². The number of pyridine rings is 1. The van der Waals surface area contributed by atoms with Gasteiger partial charge in [-0.15, -0.1) is 0 Å². The van der Waals surface area contributed by atoms with Gasteiger partial charge in [-0.25, -0.2) is 4.39 Å². The third kappa shape index (κ3) is 5.43. The first-order valence-electron chi connectivity index (χ1n) is 10.5. The fourth-order valence-corrected chi connectivity index (χ4v) is 4.38. The molecule has 0 radical (unpaired) electrons. The molecular weight excluding hydrogens is 436 g/mol. The van der Waals surface area contributed by atoms with E-state index in [4.69, 9.17) is 4.74 Å². The van der Waals surface area contributed by atoms with Crippen LogP contribution in [-0.4, -0.2) is 30.7 Å². The molecule has 8 heteroatoms. The third-order valence-electron chi connectivity index (χ3n) is 6.12. The van der Waals surface area contributed by atoms with Crippen molar-refractivity contribution in [3.63, 3.8) is 0 Å². The van der Waals surface area contributed by atoms with Crippen LogP contribution in [0.4, 0.5) is 17.6 Å². The minimum atomic E-state index is -4.62. The van der Waals surface area contributed by atoms with Crippen LogP contribution in [0, 0.1) is 11.7 Å². The van der Waals surface area contributed by atoms with E-state index in [-0.39, 0.29) is 36.6 Å². The first kappa shape index (κ1) is 24.5. The summed E-state index contributed by atoms with van der Waals surface area (Å²) in [5, 5.41) is 3.20. The monoisotopic (exact) mass is 462 g/mol. The minimum Gasteiger partial charge on any atom is -0.496 e. The highest BCUT2D eigenvalue weighted by Gasteiger charge is 2.52. The number of carbonyl (C=O) groups is 1. The number of alkyl halides is 3. The molecule has 1 N–H and O–H groups in total. The van der Waals surface area contributed by atoms with Crippen molar-refractivity contribution in [2.75, 3.05) is 13.7 Å². The van der Waals surface area contributed by atoms with Crippen molar-refractivity contribution in [2.45, 2.75) is 38.3 Å². The van der Waals surface area contributed by atoms with Gasteiger partial charge in [-0.3, -0.25) is 9.78 Å². The molecule has 0 fully saturated rings. The molecule has 3 aromatic rings. The predicted molar refractivity (Wildman–Crippen MR) is 119 cm³/mol. The Kier molecular flexibility index (Phi) is 7.25. The van der Waals surface area contributed by atoms with Gasteiger partial charge in [0.2, 0.25) is 5.91 Å². The summed E-state index contributed by atoms with van der Waals surface area (Å²) in [6, 6.07) is 12.2. The number of fused-ring (bicyclic) bond motifs is 1. The lowest BCUT2D eigenvalue weighted by Gasteiger charge is -2.40. The highest BCUT2D eigenvalue weighted by Crippen LogP contribution is 2.49. The molecule has 0 aliphatic heterocycles. The standard InChI is InChI=1S/C25H26F4N2O2/c1-16(32)30-13-11-24(2,20-15-18(26)8-9-22(20)33-3)23(25(27,28)29)14-17-10-12-31-21-7-5-4-6-19(17)21/h4-10,12,15,23H,11,13-14H2,1-3H3,(H,30,32). The van der Waals surface area contributed by atoms with E-state index in [0.717, 1.165) is 12.1 Å². The van der Waals surface area contributed by atoms with E-state index in [2.05, 4.69) is 10.3 Å². The summed E-state index contributed by atoms with van der Waals surface area (Å²) in [5.41, 5.74) is -0.405. The smallest absolute Gasteiger partial charge is 0.392 e. The maximum absolute atomic E-state index is 14.7. The number of halogens is 4. The number of hydrogen-bond donors (Lipinski definition) is 1. The molecule has 0 saturated heterocycles. The summed E-state index contributed by atoms with van der Waals surface area (Å²) in [6.45, 7) is 2.74. The maximum atomic E-state index is 14.7. The molecule has 0 aliphatic carbocycles. The van der Waals surface area contributed by atoms with Crippen molar-refractivity contribution < 1.29 is 27.1 Å². The average Bonchev–Trinajstić information content (AvgIpc) is 2.76. The molecule has 3 rings (SSSR count). The average molecular weight is 462 g/mol. The highest BCUT2D eigenvalue weighted by atomic mass is 19.4. The Hall–Kier alpha value is -3.16. The molecule has 2 aromatic carbocycles. The van der Waals surface area contributed by atoms with E-state index >= 15 is 0 Å². The summed E-state index contributed by atoms with van der Waals surface area (Å²) in [6.07, 6.45) is -3.54. The van der Waals surface area contributed by atoms with E-state index in [1.807, 2.05) is 0 Å². The number of rotatable bonds is 8. The lowest BCUT2D eigenvalue weighted by atomic mass is 9.66. The lowest BCUT2D eigenvalue weighted by Crippen LogP contribution is -2.45. The van der Waals surface area contributed by atoms with Gasteiger partial charge in [0.15, 0.2) is 0 Å². The van der Waals surface area contributed by atoms with Gasteiger partial charge >= 0.3 is 6.18 Å². The number of para-hydroxylation sites is 1. The second-order valence-corrected chi connectivity index (χ2v) is 8.28. The lowest BCUT2D eigenvalue weighted by molar-refractivity contribution is -0.193. The summed E-state index contributed by atoms with van der Waals surface area (Å²) in [7, 11) is 1.34. The first-order valence-corrected chi connectivity index (χ1v) is 10.5. The zero-order chi connectivity index (χ0) is 24.2. The molecule has 176 valence electrons. The van der Waals surface area contributed by atoms with Crippen LogP contribution >= 0.6 is 0 Å². The Morgan fingerprint density at radius 1 is 1.15 bits per heavy atom. The summed E-state index contributed by atoms with van der Waals surface area (Å²) < 4.78 is 63.6. The number of benzene rings is 2. The van der Waals surface area contributed by atoms with Crippen LogP contribution in [0.1, 0.15) is 31.4 Å². The van der Waals surface area contributed by atoms with Crippen molar-refractivity contribution in [3.05, 3.63) is 71.7 Å². The van der Waals surface area contributed by atoms with Gasteiger partial charge in [0.1, 0.15) is 11.6 Å². The van der Waals surface area contributed by atoms with Crippen LogP contribution in [0.25, 0.3) is 10.9 Å². The number of amides is 1. The molecule has 1 amide bonds.